The summed E-state index contributed by atoms with van der Waals surface area (Å²) in [6.45, 7) is 0. The summed E-state index contributed by atoms with van der Waals surface area (Å²) in [5, 5.41) is 3.88. The third-order valence-corrected chi connectivity index (χ3v) is 10.5. The van der Waals surface area contributed by atoms with Gasteiger partial charge in [0.15, 0.2) is 23.1 Å². The molecule has 0 unspecified atom stereocenters. The maximum Gasteiger partial charge on any atom is 0.164 e. The van der Waals surface area contributed by atoms with Crippen molar-refractivity contribution < 1.29 is 8.83 Å². The molecule has 8 aromatic carbocycles. The van der Waals surface area contributed by atoms with E-state index >= 15 is 0 Å². The summed E-state index contributed by atoms with van der Waals surface area (Å²) in [6, 6.07) is 66.2. The monoisotopic (exact) mass is 732 g/mol. The molecule has 0 aliphatic carbocycles. The summed E-state index contributed by atoms with van der Waals surface area (Å²) >= 11 is 0. The second-order valence-corrected chi connectivity index (χ2v) is 14.0. The van der Waals surface area contributed by atoms with Gasteiger partial charge in [0.05, 0.1) is 5.69 Å². The standard InChI is InChI=1S/C51H32N4O2/c1-4-15-33(16-5-1)34-27-29-37(30-28-34)55(36-19-8-3-9-20-36)42-32-31-41(47-39-22-11-13-25-44(39)57-48(42)47)51-53-49(35-17-6-2-7-18-35)52-50(54-51)40-23-14-26-45-46(40)38-21-10-12-24-43(38)56-45/h1-32H. The first-order valence-corrected chi connectivity index (χ1v) is 18.9. The highest BCUT2D eigenvalue weighted by Crippen LogP contribution is 2.46. The minimum atomic E-state index is 0.547. The fourth-order valence-corrected chi connectivity index (χ4v) is 7.91. The van der Waals surface area contributed by atoms with Crippen molar-refractivity contribution in [1.82, 2.24) is 15.0 Å². The number of rotatable bonds is 7. The van der Waals surface area contributed by atoms with E-state index in [4.69, 9.17) is 23.8 Å². The topological polar surface area (TPSA) is 68.2 Å². The molecule has 0 spiro atoms. The van der Waals surface area contributed by atoms with Crippen LogP contribution in [-0.2, 0) is 0 Å². The Morgan fingerprint density at radius 1 is 0.333 bits per heavy atom. The molecule has 0 saturated carbocycles. The summed E-state index contributed by atoms with van der Waals surface area (Å²) in [5.74, 6) is 1.69. The van der Waals surface area contributed by atoms with Crippen LogP contribution in [0, 0.1) is 0 Å². The van der Waals surface area contributed by atoms with Gasteiger partial charge in [-0.05, 0) is 65.7 Å². The average molecular weight is 733 g/mol. The molecule has 0 atom stereocenters. The van der Waals surface area contributed by atoms with E-state index in [0.29, 0.717) is 17.5 Å². The lowest BCUT2D eigenvalue weighted by Gasteiger charge is -2.26. The SMILES string of the molecule is c1ccc(-c2ccc(N(c3ccccc3)c3ccc(-c4nc(-c5ccccc5)nc(-c5cccc6oc7ccccc7c56)n4)c4c3oc3ccccc34)cc2)cc1. The fraction of sp³-hybridized carbons (Fsp3) is 0. The minimum Gasteiger partial charge on any atom is -0.456 e. The first kappa shape index (κ1) is 32.6. The molecular weight excluding hydrogens is 701 g/mol. The molecule has 3 aromatic heterocycles. The highest BCUT2D eigenvalue weighted by molar-refractivity contribution is 6.16. The normalized spacial score (nSPS) is 11.5. The minimum absolute atomic E-state index is 0.547. The fourth-order valence-electron chi connectivity index (χ4n) is 7.91. The highest BCUT2D eigenvalue weighted by atomic mass is 16.3. The largest absolute Gasteiger partial charge is 0.456 e. The summed E-state index contributed by atoms with van der Waals surface area (Å²) in [4.78, 5) is 17.9. The van der Waals surface area contributed by atoms with E-state index in [-0.39, 0.29) is 0 Å². The van der Waals surface area contributed by atoms with Gasteiger partial charge in [-0.3, -0.25) is 0 Å². The summed E-state index contributed by atoms with van der Waals surface area (Å²) in [5.41, 5.74) is 10.9. The molecule has 0 N–H and O–H groups in total. The van der Waals surface area contributed by atoms with Crippen LogP contribution in [0.3, 0.4) is 0 Å². The van der Waals surface area contributed by atoms with E-state index in [9.17, 15) is 0 Å². The molecule has 3 heterocycles. The maximum atomic E-state index is 6.86. The first-order valence-electron chi connectivity index (χ1n) is 18.9. The highest BCUT2D eigenvalue weighted by Gasteiger charge is 2.25. The lowest BCUT2D eigenvalue weighted by molar-refractivity contribution is 0.668. The van der Waals surface area contributed by atoms with Gasteiger partial charge in [-0.25, -0.2) is 15.0 Å². The number of furan rings is 2. The van der Waals surface area contributed by atoms with Gasteiger partial charge in [0.25, 0.3) is 0 Å². The predicted octanol–water partition coefficient (Wildman–Crippen LogP) is 13.8. The van der Waals surface area contributed by atoms with Gasteiger partial charge in [0.2, 0.25) is 0 Å². The number of para-hydroxylation sites is 3. The van der Waals surface area contributed by atoms with Crippen molar-refractivity contribution in [3.05, 3.63) is 194 Å². The Kier molecular flexibility index (Phi) is 7.71. The zero-order valence-corrected chi connectivity index (χ0v) is 30.6. The molecule has 11 aromatic rings. The van der Waals surface area contributed by atoms with Gasteiger partial charge in [0, 0.05) is 49.6 Å². The van der Waals surface area contributed by atoms with Crippen LogP contribution in [-0.4, -0.2) is 15.0 Å². The van der Waals surface area contributed by atoms with Crippen molar-refractivity contribution in [1.29, 1.82) is 0 Å². The van der Waals surface area contributed by atoms with Gasteiger partial charge in [-0.1, -0.05) is 140 Å². The van der Waals surface area contributed by atoms with Gasteiger partial charge >= 0.3 is 0 Å². The van der Waals surface area contributed by atoms with Crippen molar-refractivity contribution in [2.45, 2.75) is 0 Å². The van der Waals surface area contributed by atoms with Crippen LogP contribution in [0.4, 0.5) is 17.1 Å². The van der Waals surface area contributed by atoms with Crippen molar-refractivity contribution >= 4 is 60.9 Å². The summed E-state index contributed by atoms with van der Waals surface area (Å²) < 4.78 is 13.2. The van der Waals surface area contributed by atoms with E-state index in [2.05, 4.69) is 108 Å². The second-order valence-electron chi connectivity index (χ2n) is 14.0. The second kappa shape index (κ2) is 13.5. The van der Waals surface area contributed by atoms with Crippen LogP contribution >= 0.6 is 0 Å². The van der Waals surface area contributed by atoms with E-state index in [1.807, 2.05) is 91.0 Å². The predicted molar refractivity (Wildman–Crippen MR) is 231 cm³/mol. The molecule has 0 bridgehead atoms. The Morgan fingerprint density at radius 2 is 0.842 bits per heavy atom. The number of benzene rings is 8. The van der Waals surface area contributed by atoms with Gasteiger partial charge in [0.1, 0.15) is 16.7 Å². The Bertz CT molecular complexity index is 3230. The molecule has 6 nitrogen and oxygen atoms in total. The van der Waals surface area contributed by atoms with Crippen molar-refractivity contribution in [2.24, 2.45) is 0 Å². The molecule has 0 aliphatic rings. The molecule has 0 aliphatic heterocycles. The zero-order chi connectivity index (χ0) is 37.7. The van der Waals surface area contributed by atoms with Crippen molar-refractivity contribution in [3.63, 3.8) is 0 Å². The lowest BCUT2D eigenvalue weighted by atomic mass is 10.0. The van der Waals surface area contributed by atoms with E-state index in [0.717, 1.165) is 83.2 Å². The number of hydrogen-bond donors (Lipinski definition) is 0. The van der Waals surface area contributed by atoms with E-state index in [1.54, 1.807) is 0 Å². The number of hydrogen-bond acceptors (Lipinski definition) is 6. The van der Waals surface area contributed by atoms with E-state index in [1.165, 1.54) is 5.56 Å². The Balaban J connectivity index is 1.15. The smallest absolute Gasteiger partial charge is 0.164 e. The molecule has 57 heavy (non-hydrogen) atoms. The molecule has 0 saturated heterocycles. The zero-order valence-electron chi connectivity index (χ0n) is 30.6. The summed E-state index contributed by atoms with van der Waals surface area (Å²) in [7, 11) is 0. The average Bonchev–Trinajstić information content (AvgIpc) is 3.87. The van der Waals surface area contributed by atoms with Gasteiger partial charge in [-0.15, -0.1) is 0 Å². The Hall–Kier alpha value is -7.83. The Labute approximate surface area is 328 Å². The number of aromatic nitrogens is 3. The first-order chi connectivity index (χ1) is 28.3. The van der Waals surface area contributed by atoms with Crippen LogP contribution in [0.25, 0.3) is 89.2 Å². The van der Waals surface area contributed by atoms with Crippen LogP contribution in [0.1, 0.15) is 0 Å². The molecule has 11 rings (SSSR count). The number of nitrogens with zero attached hydrogens (tertiary/aromatic N) is 4. The molecule has 268 valence electrons. The third-order valence-electron chi connectivity index (χ3n) is 10.5. The van der Waals surface area contributed by atoms with Crippen LogP contribution in [0.5, 0.6) is 0 Å². The molecule has 0 radical (unpaired) electrons. The molecule has 0 amide bonds. The van der Waals surface area contributed by atoms with Crippen molar-refractivity contribution in [3.8, 4) is 45.3 Å². The Morgan fingerprint density at radius 3 is 1.54 bits per heavy atom. The van der Waals surface area contributed by atoms with E-state index < -0.39 is 0 Å². The molecular formula is C51H32N4O2. The van der Waals surface area contributed by atoms with Crippen LogP contribution < -0.4 is 4.90 Å². The summed E-state index contributed by atoms with van der Waals surface area (Å²) in [6.07, 6.45) is 0. The quantitative estimate of drug-likeness (QED) is 0.162. The molecule has 6 heteroatoms. The third kappa shape index (κ3) is 5.62. The lowest BCUT2D eigenvalue weighted by Crippen LogP contribution is -2.10. The maximum absolute atomic E-state index is 6.86. The van der Waals surface area contributed by atoms with Gasteiger partial charge in [-0.2, -0.15) is 0 Å². The van der Waals surface area contributed by atoms with Crippen molar-refractivity contribution in [2.75, 3.05) is 4.90 Å². The number of fused-ring (bicyclic) bond motifs is 6. The van der Waals surface area contributed by atoms with Crippen LogP contribution in [0.15, 0.2) is 203 Å². The molecule has 0 fully saturated rings. The van der Waals surface area contributed by atoms with Gasteiger partial charge < -0.3 is 13.7 Å². The number of anilines is 3. The van der Waals surface area contributed by atoms with Crippen LogP contribution in [0.2, 0.25) is 0 Å².